The fourth-order valence-corrected chi connectivity index (χ4v) is 3.64. The van der Waals surface area contributed by atoms with E-state index in [4.69, 9.17) is 4.74 Å². The van der Waals surface area contributed by atoms with Gasteiger partial charge >= 0.3 is 0 Å². The molecule has 1 amide bonds. The maximum absolute atomic E-state index is 13.1. The highest BCUT2D eigenvalue weighted by molar-refractivity contribution is 6.07. The summed E-state index contributed by atoms with van der Waals surface area (Å²) in [5, 5.41) is 0.894. The molecule has 1 fully saturated rings. The first-order valence-corrected chi connectivity index (χ1v) is 9.63. The van der Waals surface area contributed by atoms with E-state index < -0.39 is 0 Å². The molecule has 3 heterocycles. The number of piperazine rings is 1. The van der Waals surface area contributed by atoms with Crippen LogP contribution >= 0.6 is 0 Å². The highest BCUT2D eigenvalue weighted by Gasteiger charge is 2.25. The quantitative estimate of drug-likeness (QED) is 0.755. The van der Waals surface area contributed by atoms with E-state index in [-0.39, 0.29) is 5.91 Å². The van der Waals surface area contributed by atoms with Crippen molar-refractivity contribution >= 4 is 22.6 Å². The predicted octanol–water partition coefficient (Wildman–Crippen LogP) is 2.80. The number of ether oxygens (including phenoxy) is 1. The second kappa shape index (κ2) is 7.50. The number of hydrogen-bond donors (Lipinski definition) is 1. The summed E-state index contributed by atoms with van der Waals surface area (Å²) in [5.74, 6) is 2.61. The number of hydrogen-bond acceptors (Lipinski definition) is 5. The first-order chi connectivity index (χ1) is 13.6. The molecular weight excluding hydrogens is 354 g/mol. The zero-order valence-corrected chi connectivity index (χ0v) is 16.5. The summed E-state index contributed by atoms with van der Waals surface area (Å²) in [7, 11) is 1.63. The van der Waals surface area contributed by atoms with Crippen LogP contribution in [0.2, 0.25) is 0 Å². The summed E-state index contributed by atoms with van der Waals surface area (Å²) in [4.78, 5) is 29.5. The number of carbonyl (C=O) groups excluding carboxylic acids is 1. The van der Waals surface area contributed by atoms with Crippen LogP contribution in [0.1, 0.15) is 28.8 Å². The lowest BCUT2D eigenvalue weighted by Gasteiger charge is -2.35. The molecule has 3 aromatic rings. The van der Waals surface area contributed by atoms with E-state index in [1.165, 1.54) is 0 Å². The molecule has 7 heteroatoms. The summed E-state index contributed by atoms with van der Waals surface area (Å²) >= 11 is 0. The van der Waals surface area contributed by atoms with Crippen LogP contribution in [0.25, 0.3) is 10.9 Å². The fraction of sp³-hybridized carbons (Fsp3) is 0.381. The van der Waals surface area contributed by atoms with Gasteiger partial charge in [-0.2, -0.15) is 0 Å². The molecule has 0 aliphatic carbocycles. The number of rotatable bonds is 4. The van der Waals surface area contributed by atoms with Gasteiger partial charge in [0.15, 0.2) is 0 Å². The van der Waals surface area contributed by atoms with Crippen LogP contribution in [-0.2, 0) is 6.42 Å². The van der Waals surface area contributed by atoms with Crippen LogP contribution in [0.5, 0.6) is 5.75 Å². The molecule has 0 spiro atoms. The third-order valence-electron chi connectivity index (χ3n) is 5.21. The van der Waals surface area contributed by atoms with Crippen molar-refractivity contribution in [3.63, 3.8) is 0 Å². The van der Waals surface area contributed by atoms with E-state index in [0.717, 1.165) is 53.5 Å². The Hall–Kier alpha value is -3.09. The lowest BCUT2D eigenvalue weighted by atomic mass is 10.1. The van der Waals surface area contributed by atoms with Crippen molar-refractivity contribution in [3.05, 3.63) is 47.5 Å². The number of H-pyrrole nitrogens is 1. The normalized spacial score (nSPS) is 14.5. The van der Waals surface area contributed by atoms with Crippen molar-refractivity contribution in [1.29, 1.82) is 0 Å². The van der Waals surface area contributed by atoms with Gasteiger partial charge in [0, 0.05) is 61.5 Å². The van der Waals surface area contributed by atoms with E-state index in [9.17, 15) is 4.79 Å². The Kier molecular flexibility index (Phi) is 4.90. The molecule has 1 aromatic carbocycles. The topological polar surface area (TPSA) is 74.4 Å². The Balaban J connectivity index is 1.49. The number of aryl methyl sites for hydroxylation is 2. The van der Waals surface area contributed by atoms with Crippen LogP contribution < -0.4 is 9.64 Å². The average molecular weight is 379 g/mol. The van der Waals surface area contributed by atoms with Crippen LogP contribution in [0.4, 0.5) is 5.82 Å². The number of benzene rings is 1. The lowest BCUT2D eigenvalue weighted by Crippen LogP contribution is -2.49. The zero-order chi connectivity index (χ0) is 19.7. The minimum atomic E-state index is 0.0484. The molecule has 1 aliphatic rings. The summed E-state index contributed by atoms with van der Waals surface area (Å²) in [6.45, 7) is 6.91. The molecule has 0 atom stereocenters. The minimum absolute atomic E-state index is 0.0484. The van der Waals surface area contributed by atoms with Gasteiger partial charge in [-0.1, -0.05) is 6.92 Å². The Morgan fingerprint density at radius 3 is 2.68 bits per heavy atom. The van der Waals surface area contributed by atoms with Gasteiger partial charge in [0.05, 0.1) is 12.7 Å². The van der Waals surface area contributed by atoms with Gasteiger partial charge in [0.25, 0.3) is 5.91 Å². The largest absolute Gasteiger partial charge is 0.497 e. The average Bonchev–Trinajstić information content (AvgIpc) is 3.16. The third kappa shape index (κ3) is 3.40. The zero-order valence-electron chi connectivity index (χ0n) is 16.5. The molecule has 1 aliphatic heterocycles. The maximum Gasteiger partial charge on any atom is 0.256 e. The Morgan fingerprint density at radius 2 is 1.96 bits per heavy atom. The second-order valence-corrected chi connectivity index (χ2v) is 7.03. The smallest absolute Gasteiger partial charge is 0.256 e. The van der Waals surface area contributed by atoms with Gasteiger partial charge in [-0.25, -0.2) is 9.97 Å². The van der Waals surface area contributed by atoms with Gasteiger partial charge in [0.2, 0.25) is 0 Å². The van der Waals surface area contributed by atoms with Crippen LogP contribution in [0.3, 0.4) is 0 Å². The van der Waals surface area contributed by atoms with Crippen molar-refractivity contribution < 1.29 is 9.53 Å². The lowest BCUT2D eigenvalue weighted by molar-refractivity contribution is 0.0748. The van der Waals surface area contributed by atoms with Crippen molar-refractivity contribution in [3.8, 4) is 5.75 Å². The minimum Gasteiger partial charge on any atom is -0.497 e. The van der Waals surface area contributed by atoms with E-state index >= 15 is 0 Å². The van der Waals surface area contributed by atoms with Gasteiger partial charge in [-0.05, 0) is 25.1 Å². The number of carbonyl (C=O) groups is 1. The molecule has 1 N–H and O–H groups in total. The van der Waals surface area contributed by atoms with E-state index in [0.29, 0.717) is 18.7 Å². The molecule has 0 unspecified atom stereocenters. The summed E-state index contributed by atoms with van der Waals surface area (Å²) < 4.78 is 5.31. The van der Waals surface area contributed by atoms with Crippen LogP contribution in [0.15, 0.2) is 30.5 Å². The molecular formula is C21H25N5O2. The standard InChI is InChI=1S/C21H25N5O2/c1-4-19-23-14(2)11-20(24-19)25-7-9-26(10-8-25)21(27)17-13-22-18-6-5-15(28-3)12-16(17)18/h5-6,11-13,22H,4,7-10H2,1-3H3. The van der Waals surface area contributed by atoms with E-state index in [1.807, 2.05) is 36.1 Å². The number of aromatic amines is 1. The van der Waals surface area contributed by atoms with Crippen LogP contribution in [0, 0.1) is 6.92 Å². The van der Waals surface area contributed by atoms with Crippen molar-refractivity contribution in [2.45, 2.75) is 20.3 Å². The fourth-order valence-electron chi connectivity index (χ4n) is 3.64. The van der Waals surface area contributed by atoms with Gasteiger partial charge in [0.1, 0.15) is 17.4 Å². The number of amides is 1. The molecule has 7 nitrogen and oxygen atoms in total. The van der Waals surface area contributed by atoms with Gasteiger partial charge in [-0.3, -0.25) is 4.79 Å². The van der Waals surface area contributed by atoms with Crippen molar-refractivity contribution in [2.75, 3.05) is 38.2 Å². The van der Waals surface area contributed by atoms with Gasteiger partial charge < -0.3 is 19.5 Å². The third-order valence-corrected chi connectivity index (χ3v) is 5.21. The summed E-state index contributed by atoms with van der Waals surface area (Å²) in [6.07, 6.45) is 2.61. The molecule has 1 saturated heterocycles. The number of anilines is 1. The molecule has 2 aromatic heterocycles. The highest BCUT2D eigenvalue weighted by atomic mass is 16.5. The molecule has 0 saturated carbocycles. The van der Waals surface area contributed by atoms with Crippen LogP contribution in [-0.4, -0.2) is 59.0 Å². The maximum atomic E-state index is 13.1. The Labute approximate surface area is 164 Å². The molecule has 28 heavy (non-hydrogen) atoms. The number of fused-ring (bicyclic) bond motifs is 1. The van der Waals surface area contributed by atoms with Crippen molar-refractivity contribution in [1.82, 2.24) is 19.9 Å². The number of nitrogens with zero attached hydrogens (tertiary/aromatic N) is 4. The monoisotopic (exact) mass is 379 g/mol. The molecule has 4 rings (SSSR count). The SMILES string of the molecule is CCc1nc(C)cc(N2CCN(C(=O)c3c[nH]c4ccc(OC)cc34)CC2)n1. The highest BCUT2D eigenvalue weighted by Crippen LogP contribution is 2.25. The summed E-state index contributed by atoms with van der Waals surface area (Å²) in [6, 6.07) is 7.75. The van der Waals surface area contributed by atoms with Gasteiger partial charge in [-0.15, -0.1) is 0 Å². The number of aromatic nitrogens is 3. The molecule has 0 radical (unpaired) electrons. The number of nitrogens with one attached hydrogen (secondary N) is 1. The molecule has 146 valence electrons. The van der Waals surface area contributed by atoms with E-state index in [1.54, 1.807) is 13.3 Å². The first kappa shape index (κ1) is 18.3. The van der Waals surface area contributed by atoms with Crippen molar-refractivity contribution in [2.24, 2.45) is 0 Å². The Bertz CT molecular complexity index is 1010. The Morgan fingerprint density at radius 1 is 1.18 bits per heavy atom. The summed E-state index contributed by atoms with van der Waals surface area (Å²) in [5.41, 5.74) is 2.60. The second-order valence-electron chi connectivity index (χ2n) is 7.03. The predicted molar refractivity (Wildman–Crippen MR) is 109 cm³/mol. The number of methoxy groups -OCH3 is 1. The molecule has 0 bridgehead atoms. The van der Waals surface area contributed by atoms with E-state index in [2.05, 4.69) is 26.8 Å². The first-order valence-electron chi connectivity index (χ1n) is 9.63.